The summed E-state index contributed by atoms with van der Waals surface area (Å²) in [5.74, 6) is -0.420. The van der Waals surface area contributed by atoms with E-state index in [1.807, 2.05) is 12.1 Å². The Morgan fingerprint density at radius 2 is 1.88 bits per heavy atom. The molecule has 4 aromatic rings. The van der Waals surface area contributed by atoms with Crippen LogP contribution in [0.4, 0.5) is 4.39 Å². The second kappa shape index (κ2) is 10.1. The van der Waals surface area contributed by atoms with Crippen molar-refractivity contribution in [3.8, 4) is 16.9 Å². The molecule has 1 aromatic heterocycles. The van der Waals surface area contributed by atoms with Gasteiger partial charge in [0.15, 0.2) is 0 Å². The van der Waals surface area contributed by atoms with Crippen molar-refractivity contribution in [2.75, 3.05) is 7.11 Å². The van der Waals surface area contributed by atoms with Gasteiger partial charge in [-0.25, -0.2) is 4.39 Å². The van der Waals surface area contributed by atoms with Crippen LogP contribution < -0.4 is 10.5 Å². The fourth-order valence-electron chi connectivity index (χ4n) is 4.17. The number of aromatic nitrogens is 1. The molecule has 5 nitrogen and oxygen atoms in total. The van der Waals surface area contributed by atoms with Crippen molar-refractivity contribution in [1.29, 1.82) is 0 Å². The largest absolute Gasteiger partial charge is 0.489 e. The van der Waals surface area contributed by atoms with Gasteiger partial charge < -0.3 is 19.8 Å². The van der Waals surface area contributed by atoms with E-state index in [1.165, 1.54) is 19.2 Å². The topological polar surface area (TPSA) is 66.5 Å². The zero-order chi connectivity index (χ0) is 24.2. The van der Waals surface area contributed by atoms with E-state index in [0.717, 1.165) is 33.2 Å². The minimum absolute atomic E-state index is 0.0596. The molecule has 0 radical (unpaired) electrons. The number of carbonyl (C=O) groups is 1. The van der Waals surface area contributed by atoms with Gasteiger partial charge in [0, 0.05) is 35.2 Å². The maximum atomic E-state index is 13.8. The first-order valence-electron chi connectivity index (χ1n) is 11.3. The van der Waals surface area contributed by atoms with E-state index in [2.05, 4.69) is 54.9 Å². The van der Waals surface area contributed by atoms with Crippen LogP contribution in [0, 0.1) is 5.82 Å². The van der Waals surface area contributed by atoms with Crippen molar-refractivity contribution in [2.45, 2.75) is 39.5 Å². The average Bonchev–Trinajstić information content (AvgIpc) is 3.27. The Bertz CT molecular complexity index is 1330. The van der Waals surface area contributed by atoms with Gasteiger partial charge in [0.05, 0.1) is 13.5 Å². The average molecular weight is 461 g/mol. The number of rotatable bonds is 8. The summed E-state index contributed by atoms with van der Waals surface area (Å²) in [5, 5.41) is 1.15. The Labute approximate surface area is 198 Å². The zero-order valence-electron chi connectivity index (χ0n) is 19.7. The van der Waals surface area contributed by atoms with E-state index < -0.39 is 11.8 Å². The molecular weight excluding hydrogens is 431 g/mol. The number of ether oxygens (including phenoxy) is 2. The molecule has 0 aliphatic heterocycles. The third-order valence-corrected chi connectivity index (χ3v) is 5.91. The van der Waals surface area contributed by atoms with Gasteiger partial charge in [-0.2, -0.15) is 0 Å². The maximum absolute atomic E-state index is 13.8. The molecule has 4 rings (SSSR count). The summed E-state index contributed by atoms with van der Waals surface area (Å²) >= 11 is 0. The molecule has 0 saturated heterocycles. The molecule has 176 valence electrons. The number of methoxy groups -OCH3 is 1. The third kappa shape index (κ3) is 4.97. The van der Waals surface area contributed by atoms with Gasteiger partial charge in [-0.3, -0.25) is 4.79 Å². The lowest BCUT2D eigenvalue weighted by Crippen LogP contribution is -2.07. The lowest BCUT2D eigenvalue weighted by molar-refractivity contribution is -0.139. The Kier molecular flexibility index (Phi) is 6.98. The summed E-state index contributed by atoms with van der Waals surface area (Å²) in [4.78, 5) is 11.8. The molecule has 0 aliphatic carbocycles. The third-order valence-electron chi connectivity index (χ3n) is 5.91. The number of fused-ring (bicyclic) bond motifs is 1. The monoisotopic (exact) mass is 460 g/mol. The maximum Gasteiger partial charge on any atom is 0.310 e. The highest BCUT2D eigenvalue weighted by molar-refractivity contribution is 5.96. The summed E-state index contributed by atoms with van der Waals surface area (Å²) in [6.45, 7) is 5.03. The molecule has 0 atom stereocenters. The fourth-order valence-corrected chi connectivity index (χ4v) is 4.17. The summed E-state index contributed by atoms with van der Waals surface area (Å²) < 4.78 is 26.9. The van der Waals surface area contributed by atoms with Gasteiger partial charge in [-0.1, -0.05) is 18.2 Å². The van der Waals surface area contributed by atoms with Crippen LogP contribution in [0.25, 0.3) is 22.0 Å². The van der Waals surface area contributed by atoms with Gasteiger partial charge in [-0.05, 0) is 78.6 Å². The molecular formula is C28H29FN2O3. The predicted molar refractivity (Wildman–Crippen MR) is 132 cm³/mol. The van der Waals surface area contributed by atoms with E-state index in [9.17, 15) is 9.18 Å². The van der Waals surface area contributed by atoms with Crippen LogP contribution in [0.3, 0.4) is 0 Å². The Hall–Kier alpha value is -3.64. The number of hydrogen-bond acceptors (Lipinski definition) is 4. The normalized spacial score (nSPS) is 11.2. The molecule has 0 spiro atoms. The first-order chi connectivity index (χ1) is 16.4. The van der Waals surface area contributed by atoms with E-state index in [4.69, 9.17) is 15.2 Å². The second-order valence-corrected chi connectivity index (χ2v) is 8.59. The molecule has 0 fully saturated rings. The smallest absolute Gasteiger partial charge is 0.310 e. The predicted octanol–water partition coefficient (Wildman–Crippen LogP) is 5.78. The van der Waals surface area contributed by atoms with Gasteiger partial charge in [0.2, 0.25) is 0 Å². The second-order valence-electron chi connectivity index (χ2n) is 8.59. The van der Waals surface area contributed by atoms with Gasteiger partial charge in [0.25, 0.3) is 0 Å². The Morgan fingerprint density at radius 3 is 2.62 bits per heavy atom. The highest BCUT2D eigenvalue weighted by atomic mass is 19.1. The van der Waals surface area contributed by atoms with Crippen LogP contribution >= 0.6 is 0 Å². The van der Waals surface area contributed by atoms with Crippen molar-refractivity contribution in [2.24, 2.45) is 5.73 Å². The minimum atomic E-state index is -0.450. The van der Waals surface area contributed by atoms with Crippen LogP contribution in [0.2, 0.25) is 0 Å². The molecule has 0 bridgehead atoms. The summed E-state index contributed by atoms with van der Waals surface area (Å²) in [5.41, 5.74) is 11.7. The standard InChI is InChI=1S/C28H29FN2O3/c1-18(2)31-10-9-24-25(21-6-4-5-19(11-21)16-30)12-20(13-26(24)31)17-34-27-8-7-23(29)14-22(27)15-28(32)33-3/h4-14,18H,15-17,30H2,1-3H3. The van der Waals surface area contributed by atoms with E-state index in [-0.39, 0.29) is 13.0 Å². The molecule has 1 heterocycles. The Morgan fingerprint density at radius 1 is 1.06 bits per heavy atom. The molecule has 2 N–H and O–H groups in total. The van der Waals surface area contributed by atoms with Crippen LogP contribution in [-0.4, -0.2) is 17.6 Å². The first-order valence-corrected chi connectivity index (χ1v) is 11.3. The van der Waals surface area contributed by atoms with Crippen LogP contribution in [-0.2, 0) is 29.1 Å². The number of carbonyl (C=O) groups excluding carboxylic acids is 1. The number of nitrogens with two attached hydrogens (primary N) is 1. The van der Waals surface area contributed by atoms with Crippen molar-refractivity contribution in [3.63, 3.8) is 0 Å². The summed E-state index contributed by atoms with van der Waals surface area (Å²) in [7, 11) is 1.31. The van der Waals surface area contributed by atoms with Crippen molar-refractivity contribution < 1.29 is 18.7 Å². The fraction of sp³-hybridized carbons (Fsp3) is 0.250. The quantitative estimate of drug-likeness (QED) is 0.339. The molecule has 0 amide bonds. The van der Waals surface area contributed by atoms with Crippen LogP contribution in [0.15, 0.2) is 66.9 Å². The Balaban J connectivity index is 1.74. The van der Waals surface area contributed by atoms with E-state index in [0.29, 0.717) is 23.9 Å². The van der Waals surface area contributed by atoms with Gasteiger partial charge in [0.1, 0.15) is 18.2 Å². The minimum Gasteiger partial charge on any atom is -0.489 e. The lowest BCUT2D eigenvalue weighted by atomic mass is 9.97. The molecule has 0 saturated carbocycles. The number of esters is 1. The van der Waals surface area contributed by atoms with E-state index in [1.54, 1.807) is 6.07 Å². The van der Waals surface area contributed by atoms with Crippen LogP contribution in [0.1, 0.15) is 36.6 Å². The molecule has 0 aliphatic rings. The molecule has 6 heteroatoms. The number of nitrogens with zero attached hydrogens (tertiary/aromatic N) is 1. The van der Waals surface area contributed by atoms with Crippen LogP contribution in [0.5, 0.6) is 5.75 Å². The highest BCUT2D eigenvalue weighted by Gasteiger charge is 2.15. The number of benzene rings is 3. The molecule has 0 unspecified atom stereocenters. The van der Waals surface area contributed by atoms with Crippen molar-refractivity contribution >= 4 is 16.9 Å². The molecule has 3 aromatic carbocycles. The summed E-state index contributed by atoms with van der Waals surface area (Å²) in [6, 6.07) is 19.1. The van der Waals surface area contributed by atoms with Crippen molar-refractivity contribution in [1.82, 2.24) is 4.57 Å². The van der Waals surface area contributed by atoms with E-state index >= 15 is 0 Å². The highest BCUT2D eigenvalue weighted by Crippen LogP contribution is 2.33. The zero-order valence-corrected chi connectivity index (χ0v) is 19.7. The van der Waals surface area contributed by atoms with Gasteiger partial charge in [-0.15, -0.1) is 0 Å². The summed E-state index contributed by atoms with van der Waals surface area (Å²) in [6.07, 6.45) is 2.04. The first kappa shape index (κ1) is 23.5. The van der Waals surface area contributed by atoms with Crippen molar-refractivity contribution in [3.05, 3.63) is 89.4 Å². The SMILES string of the molecule is COC(=O)Cc1cc(F)ccc1OCc1cc(-c2cccc(CN)c2)c2ccn(C(C)C)c2c1. The number of halogens is 1. The van der Waals surface area contributed by atoms with Gasteiger partial charge >= 0.3 is 5.97 Å². The molecule has 34 heavy (non-hydrogen) atoms. The lowest BCUT2D eigenvalue weighted by Gasteiger charge is -2.15. The number of hydrogen-bond donors (Lipinski definition) is 1.